The molecule has 12 heteroatoms. The van der Waals surface area contributed by atoms with Gasteiger partial charge in [-0.15, -0.1) is 0 Å². The fourth-order valence-corrected chi connectivity index (χ4v) is 1.88. The predicted octanol–water partition coefficient (Wildman–Crippen LogP) is 1.59. The van der Waals surface area contributed by atoms with Crippen LogP contribution in [-0.4, -0.2) is 59.0 Å². The molecule has 1 unspecified atom stereocenters. The minimum absolute atomic E-state index is 0.0773. The molecular formula is C15H21N3O7S2. The molecule has 1 aromatic rings. The number of rotatable bonds is 6. The lowest BCUT2D eigenvalue weighted by molar-refractivity contribution is -0.490. The third kappa shape index (κ3) is 9.51. The molecule has 1 atom stereocenters. The van der Waals surface area contributed by atoms with Crippen molar-refractivity contribution in [3.63, 3.8) is 0 Å². The fraction of sp³-hybridized carbons (Fsp3) is 0.400. The Bertz CT molecular complexity index is 694. The second kappa shape index (κ2) is 11.8. The van der Waals surface area contributed by atoms with Crippen molar-refractivity contribution in [3.05, 3.63) is 33.9 Å². The van der Waals surface area contributed by atoms with Crippen LogP contribution >= 0.6 is 24.4 Å². The van der Waals surface area contributed by atoms with Gasteiger partial charge in [-0.05, 0) is 30.5 Å². The second-order valence-corrected chi connectivity index (χ2v) is 5.86. The first-order chi connectivity index (χ1) is 12.5. The summed E-state index contributed by atoms with van der Waals surface area (Å²) in [5.74, 6) is -0.230. The molecule has 0 spiro atoms. The highest BCUT2D eigenvalue weighted by molar-refractivity contribution is 7.80. The molecule has 0 saturated carbocycles. The van der Waals surface area contributed by atoms with Crippen molar-refractivity contribution in [1.29, 1.82) is 0 Å². The van der Waals surface area contributed by atoms with Crippen LogP contribution in [0.5, 0.6) is 11.5 Å². The third-order valence-corrected chi connectivity index (χ3v) is 3.21. The predicted molar refractivity (Wildman–Crippen MR) is 106 cm³/mol. The molecule has 0 amide bonds. The van der Waals surface area contributed by atoms with Gasteiger partial charge in [0.2, 0.25) is 6.54 Å². The first-order valence-electron chi connectivity index (χ1n) is 7.33. The number of esters is 1. The Balaban J connectivity index is 0.00000153. The first kappa shape index (κ1) is 24.3. The highest BCUT2D eigenvalue weighted by Crippen LogP contribution is 2.36. The van der Waals surface area contributed by atoms with Crippen molar-refractivity contribution in [2.45, 2.75) is 13.0 Å². The number of nitrogens with zero attached hydrogens (tertiary/aromatic N) is 2. The summed E-state index contributed by atoms with van der Waals surface area (Å²) in [5, 5.41) is 18.1. The van der Waals surface area contributed by atoms with E-state index in [9.17, 15) is 14.9 Å². The van der Waals surface area contributed by atoms with Crippen molar-refractivity contribution < 1.29 is 29.0 Å². The average molecular weight is 419 g/mol. The Morgan fingerprint density at radius 2 is 1.96 bits per heavy atom. The molecule has 0 aliphatic carbocycles. The first-order valence-corrected chi connectivity index (χ1v) is 8.14. The van der Waals surface area contributed by atoms with Crippen LogP contribution in [-0.2, 0) is 9.53 Å². The molecule has 150 valence electrons. The van der Waals surface area contributed by atoms with Gasteiger partial charge in [0, 0.05) is 31.5 Å². The molecule has 0 aliphatic heterocycles. The van der Waals surface area contributed by atoms with Gasteiger partial charge in [-0.2, -0.15) is 0 Å². The van der Waals surface area contributed by atoms with E-state index in [0.717, 1.165) is 0 Å². The normalized spacial score (nSPS) is 10.5. The average Bonchev–Trinajstić information content (AvgIpc) is 2.52. The van der Waals surface area contributed by atoms with Crippen molar-refractivity contribution in [2.24, 2.45) is 5.73 Å². The number of hydrogen-bond acceptors (Lipinski definition) is 8. The van der Waals surface area contributed by atoms with Gasteiger partial charge in [-0.1, -0.05) is 12.1 Å². The van der Waals surface area contributed by atoms with Gasteiger partial charge in [0.1, 0.15) is 0 Å². The maximum Gasteiger partial charge on any atom is 0.308 e. The van der Waals surface area contributed by atoms with Gasteiger partial charge in [-0.3, -0.25) is 14.9 Å². The number of hydrogen-bond donors (Lipinski definition) is 2. The number of para-hydroxylation sites is 1. The summed E-state index contributed by atoms with van der Waals surface area (Å²) in [7, 11) is 4.72. The van der Waals surface area contributed by atoms with Crippen LogP contribution in [0.2, 0.25) is 0 Å². The van der Waals surface area contributed by atoms with E-state index in [1.54, 1.807) is 32.3 Å². The third-order valence-electron chi connectivity index (χ3n) is 2.75. The Labute approximate surface area is 166 Å². The lowest BCUT2D eigenvalue weighted by Gasteiger charge is -2.22. The summed E-state index contributed by atoms with van der Waals surface area (Å²) >= 11 is 8.91. The van der Waals surface area contributed by atoms with E-state index in [0.29, 0.717) is 5.56 Å². The van der Waals surface area contributed by atoms with E-state index in [4.69, 9.17) is 31.5 Å². The quantitative estimate of drug-likeness (QED) is 0.228. The maximum atomic E-state index is 11.3. The van der Waals surface area contributed by atoms with Gasteiger partial charge in [0.05, 0.1) is 7.11 Å². The van der Waals surface area contributed by atoms with Gasteiger partial charge < -0.3 is 30.0 Å². The maximum absolute atomic E-state index is 11.3. The van der Waals surface area contributed by atoms with E-state index in [1.165, 1.54) is 18.9 Å². The molecule has 0 saturated heterocycles. The summed E-state index contributed by atoms with van der Waals surface area (Å²) in [6, 6.07) is 4.76. The molecule has 0 heterocycles. The Kier molecular flexibility index (Phi) is 10.6. The number of carbonyl (C=O) groups excluding carboxylic acids is 1. The van der Waals surface area contributed by atoms with Crippen molar-refractivity contribution in [3.8, 4) is 11.5 Å². The number of benzene rings is 1. The summed E-state index contributed by atoms with van der Waals surface area (Å²) in [4.78, 5) is 23.3. The molecule has 0 bridgehead atoms. The highest BCUT2D eigenvalue weighted by Gasteiger charge is 2.27. The summed E-state index contributed by atoms with van der Waals surface area (Å²) in [6.45, 7) is 0.680. The van der Waals surface area contributed by atoms with Crippen LogP contribution in [0.25, 0.3) is 0 Å². The zero-order valence-electron chi connectivity index (χ0n) is 15.2. The van der Waals surface area contributed by atoms with Gasteiger partial charge in [0.25, 0.3) is 10.3 Å². The van der Waals surface area contributed by atoms with Gasteiger partial charge in [-0.25, -0.2) is 0 Å². The largest absolute Gasteiger partial charge is 0.493 e. The number of aliphatic hydroxyl groups is 1. The SMILES string of the molecule is COc1cccc(C(C[N+](=O)[O-])OC(=S)N(C)C)c1OC(C)=O.NC(O)=S. The molecule has 3 N–H and O–H groups in total. The Hall–Kier alpha value is -2.73. The van der Waals surface area contributed by atoms with E-state index in [-0.39, 0.29) is 16.7 Å². The Morgan fingerprint density at radius 1 is 1.41 bits per heavy atom. The summed E-state index contributed by atoms with van der Waals surface area (Å²) < 4.78 is 15.8. The van der Waals surface area contributed by atoms with E-state index in [2.05, 4.69) is 18.0 Å². The van der Waals surface area contributed by atoms with Crippen molar-refractivity contribution >= 4 is 40.8 Å². The summed E-state index contributed by atoms with van der Waals surface area (Å²) in [6.07, 6.45) is -1.02. The minimum Gasteiger partial charge on any atom is -0.493 e. The molecule has 0 radical (unpaired) electrons. The van der Waals surface area contributed by atoms with E-state index in [1.807, 2.05) is 0 Å². The standard InChI is InChI=1S/C14H18N2O6S.CH3NOS/c1-9(17)21-13-10(6-5-7-11(13)20-4)12(8-16(18)19)22-14(23)15(2)3;2-1(3)4/h5-7,12H,8H2,1-4H3;(H3,2,3,4). The van der Waals surface area contributed by atoms with Crippen LogP contribution in [0.15, 0.2) is 18.2 Å². The van der Waals surface area contributed by atoms with Crippen LogP contribution in [0, 0.1) is 10.1 Å². The van der Waals surface area contributed by atoms with Crippen LogP contribution in [0.1, 0.15) is 18.6 Å². The second-order valence-electron chi connectivity index (χ2n) is 5.09. The topological polar surface area (TPSA) is 137 Å². The van der Waals surface area contributed by atoms with Crippen LogP contribution in [0.4, 0.5) is 0 Å². The molecule has 1 rings (SSSR count). The monoisotopic (exact) mass is 419 g/mol. The Morgan fingerprint density at radius 3 is 2.37 bits per heavy atom. The van der Waals surface area contributed by atoms with Crippen LogP contribution in [0.3, 0.4) is 0 Å². The molecule has 0 aromatic heterocycles. The van der Waals surface area contributed by atoms with E-state index >= 15 is 0 Å². The van der Waals surface area contributed by atoms with Crippen molar-refractivity contribution in [1.82, 2.24) is 4.90 Å². The molecule has 1 aromatic carbocycles. The minimum atomic E-state index is -1.02. The van der Waals surface area contributed by atoms with Crippen LogP contribution < -0.4 is 15.2 Å². The lowest BCUT2D eigenvalue weighted by Crippen LogP contribution is -2.27. The highest BCUT2D eigenvalue weighted by atomic mass is 32.1. The molecule has 0 aliphatic rings. The number of ether oxygens (including phenoxy) is 3. The summed E-state index contributed by atoms with van der Waals surface area (Å²) in [5.41, 5.74) is 4.70. The number of carbonyl (C=O) groups is 1. The molecular weight excluding hydrogens is 398 g/mol. The zero-order chi connectivity index (χ0) is 21.1. The number of methoxy groups -OCH3 is 1. The lowest BCUT2D eigenvalue weighted by atomic mass is 10.1. The van der Waals surface area contributed by atoms with Crippen molar-refractivity contribution in [2.75, 3.05) is 27.7 Å². The number of nitro groups is 1. The zero-order valence-corrected chi connectivity index (χ0v) is 16.8. The molecule has 10 nitrogen and oxygen atoms in total. The number of aliphatic hydroxyl groups excluding tert-OH is 1. The van der Waals surface area contributed by atoms with Gasteiger partial charge >= 0.3 is 5.97 Å². The number of nitrogens with two attached hydrogens (primary N) is 1. The smallest absolute Gasteiger partial charge is 0.308 e. The fourth-order valence-electron chi connectivity index (χ4n) is 1.76. The van der Waals surface area contributed by atoms with E-state index < -0.39 is 28.7 Å². The molecule has 27 heavy (non-hydrogen) atoms. The molecule has 0 fully saturated rings. The van der Waals surface area contributed by atoms with Gasteiger partial charge in [0.15, 0.2) is 17.6 Å². The number of thiocarbonyl (C=S) groups is 2.